The summed E-state index contributed by atoms with van der Waals surface area (Å²) in [7, 11) is 0. The standard InChI is InChI=1S/C20H20N6O3/c27-20(17-12-28-15-3-1-2-4-16(15)29-17)25-9-7-24(8-10-25)18-11-19(23-13-22-18)26-6-5-21-14-26/h1-6,11,13-14,17H,7-10,12H2. The van der Waals surface area contributed by atoms with E-state index in [-0.39, 0.29) is 12.5 Å². The van der Waals surface area contributed by atoms with Crippen LogP contribution in [-0.4, -0.2) is 69.2 Å². The van der Waals surface area contributed by atoms with Crippen LogP contribution in [0.1, 0.15) is 0 Å². The van der Waals surface area contributed by atoms with Gasteiger partial charge in [0.1, 0.15) is 30.9 Å². The number of ether oxygens (including phenoxy) is 2. The number of imidazole rings is 1. The van der Waals surface area contributed by atoms with Crippen LogP contribution >= 0.6 is 0 Å². The van der Waals surface area contributed by atoms with Crippen LogP contribution in [0.25, 0.3) is 5.82 Å². The van der Waals surface area contributed by atoms with Crippen molar-refractivity contribution in [2.75, 3.05) is 37.7 Å². The van der Waals surface area contributed by atoms with E-state index >= 15 is 0 Å². The molecule has 29 heavy (non-hydrogen) atoms. The normalized spacial score (nSPS) is 18.6. The Labute approximate surface area is 167 Å². The second-order valence-corrected chi connectivity index (χ2v) is 6.88. The number of rotatable bonds is 3. The van der Waals surface area contributed by atoms with Crippen LogP contribution in [0.4, 0.5) is 5.82 Å². The lowest BCUT2D eigenvalue weighted by molar-refractivity contribution is -0.141. The van der Waals surface area contributed by atoms with Crippen molar-refractivity contribution in [3.05, 3.63) is 55.4 Å². The first-order valence-corrected chi connectivity index (χ1v) is 9.50. The summed E-state index contributed by atoms with van der Waals surface area (Å²) >= 11 is 0. The molecule has 9 nitrogen and oxygen atoms in total. The molecule has 0 radical (unpaired) electrons. The average Bonchev–Trinajstić information content (AvgIpc) is 3.34. The molecule has 4 heterocycles. The van der Waals surface area contributed by atoms with Crippen molar-refractivity contribution < 1.29 is 14.3 Å². The van der Waals surface area contributed by atoms with Gasteiger partial charge in [0, 0.05) is 44.6 Å². The van der Waals surface area contributed by atoms with Crippen molar-refractivity contribution >= 4 is 11.7 Å². The lowest BCUT2D eigenvalue weighted by Crippen LogP contribution is -2.54. The molecule has 1 atom stereocenters. The minimum absolute atomic E-state index is 0.0408. The van der Waals surface area contributed by atoms with E-state index in [1.165, 1.54) is 0 Å². The van der Waals surface area contributed by atoms with Gasteiger partial charge in [-0.1, -0.05) is 12.1 Å². The molecule has 1 aromatic carbocycles. The van der Waals surface area contributed by atoms with Crippen molar-refractivity contribution in [2.45, 2.75) is 6.10 Å². The summed E-state index contributed by atoms with van der Waals surface area (Å²) in [4.78, 5) is 29.6. The summed E-state index contributed by atoms with van der Waals surface area (Å²) in [6.07, 6.45) is 6.19. The van der Waals surface area contributed by atoms with E-state index in [1.54, 1.807) is 18.9 Å². The SMILES string of the molecule is O=C(C1COc2ccccc2O1)N1CCN(c2cc(-n3ccnc3)ncn2)CC1. The number of piperazine rings is 1. The number of para-hydroxylation sites is 2. The molecule has 9 heteroatoms. The minimum atomic E-state index is -0.608. The molecular formula is C20H20N6O3. The van der Waals surface area contributed by atoms with Gasteiger partial charge in [0.05, 0.1) is 0 Å². The highest BCUT2D eigenvalue weighted by Crippen LogP contribution is 2.31. The molecule has 0 aliphatic carbocycles. The van der Waals surface area contributed by atoms with Gasteiger partial charge in [0.2, 0.25) is 6.10 Å². The highest BCUT2D eigenvalue weighted by atomic mass is 16.6. The first-order valence-electron chi connectivity index (χ1n) is 9.50. The molecule has 2 aromatic heterocycles. The third-order valence-electron chi connectivity index (χ3n) is 5.11. The van der Waals surface area contributed by atoms with Crippen LogP contribution in [0.3, 0.4) is 0 Å². The number of aromatic nitrogens is 4. The molecule has 1 saturated heterocycles. The second kappa shape index (κ2) is 7.42. The first kappa shape index (κ1) is 17.5. The molecule has 1 fully saturated rings. The third-order valence-corrected chi connectivity index (χ3v) is 5.11. The topological polar surface area (TPSA) is 85.6 Å². The fraction of sp³-hybridized carbons (Fsp3) is 0.300. The number of fused-ring (bicyclic) bond motifs is 1. The summed E-state index contributed by atoms with van der Waals surface area (Å²) in [6.45, 7) is 2.82. The lowest BCUT2D eigenvalue weighted by atomic mass is 10.2. The molecule has 1 amide bonds. The van der Waals surface area contributed by atoms with E-state index in [0.717, 1.165) is 11.6 Å². The predicted octanol–water partition coefficient (Wildman–Crippen LogP) is 1.15. The van der Waals surface area contributed by atoms with Crippen molar-refractivity contribution in [3.63, 3.8) is 0 Å². The number of amides is 1. The Balaban J connectivity index is 1.22. The summed E-state index contributed by atoms with van der Waals surface area (Å²) in [6, 6.07) is 9.34. The zero-order valence-corrected chi connectivity index (χ0v) is 15.7. The van der Waals surface area contributed by atoms with E-state index in [2.05, 4.69) is 19.9 Å². The zero-order chi connectivity index (χ0) is 19.6. The second-order valence-electron chi connectivity index (χ2n) is 6.88. The van der Waals surface area contributed by atoms with Crippen molar-refractivity contribution in [1.29, 1.82) is 0 Å². The number of benzene rings is 1. The summed E-state index contributed by atoms with van der Waals surface area (Å²) in [5.41, 5.74) is 0. The maximum Gasteiger partial charge on any atom is 0.267 e. The average molecular weight is 392 g/mol. The van der Waals surface area contributed by atoms with Crippen LogP contribution in [0.15, 0.2) is 55.4 Å². The molecule has 3 aromatic rings. The Kier molecular flexibility index (Phi) is 4.47. The van der Waals surface area contributed by atoms with E-state index in [1.807, 2.05) is 46.0 Å². The first-order chi connectivity index (χ1) is 14.3. The smallest absolute Gasteiger partial charge is 0.267 e. The van der Waals surface area contributed by atoms with Gasteiger partial charge in [0.25, 0.3) is 5.91 Å². The number of anilines is 1. The van der Waals surface area contributed by atoms with Crippen LogP contribution in [0.5, 0.6) is 11.5 Å². The Bertz CT molecular complexity index is 1000. The Morgan fingerprint density at radius 3 is 2.62 bits per heavy atom. The van der Waals surface area contributed by atoms with E-state index in [4.69, 9.17) is 9.47 Å². The van der Waals surface area contributed by atoms with Gasteiger partial charge in [0.15, 0.2) is 11.5 Å². The molecule has 1 unspecified atom stereocenters. The molecule has 0 saturated carbocycles. The van der Waals surface area contributed by atoms with Crippen LogP contribution in [0, 0.1) is 0 Å². The maximum absolute atomic E-state index is 12.9. The fourth-order valence-corrected chi connectivity index (χ4v) is 3.55. The van der Waals surface area contributed by atoms with Gasteiger partial charge in [-0.3, -0.25) is 9.36 Å². The van der Waals surface area contributed by atoms with Crippen LogP contribution in [0.2, 0.25) is 0 Å². The summed E-state index contributed by atoms with van der Waals surface area (Å²) < 4.78 is 13.4. The Hall–Kier alpha value is -3.62. The third kappa shape index (κ3) is 3.46. The predicted molar refractivity (Wildman–Crippen MR) is 104 cm³/mol. The monoisotopic (exact) mass is 392 g/mol. The van der Waals surface area contributed by atoms with Gasteiger partial charge in [-0.15, -0.1) is 0 Å². The number of carbonyl (C=O) groups is 1. The van der Waals surface area contributed by atoms with Gasteiger partial charge in [-0.05, 0) is 12.1 Å². The van der Waals surface area contributed by atoms with Crippen molar-refractivity contribution in [1.82, 2.24) is 24.4 Å². The lowest BCUT2D eigenvalue weighted by Gasteiger charge is -2.37. The van der Waals surface area contributed by atoms with E-state index < -0.39 is 6.10 Å². The summed E-state index contributed by atoms with van der Waals surface area (Å²) in [5.74, 6) is 2.85. The quantitative estimate of drug-likeness (QED) is 0.661. The molecule has 5 rings (SSSR count). The molecule has 0 bridgehead atoms. The molecular weight excluding hydrogens is 372 g/mol. The summed E-state index contributed by atoms with van der Waals surface area (Å²) in [5, 5.41) is 0. The van der Waals surface area contributed by atoms with Crippen LogP contribution in [-0.2, 0) is 4.79 Å². The minimum Gasteiger partial charge on any atom is -0.485 e. The number of hydrogen-bond acceptors (Lipinski definition) is 7. The highest BCUT2D eigenvalue weighted by molar-refractivity contribution is 5.82. The maximum atomic E-state index is 12.9. The highest BCUT2D eigenvalue weighted by Gasteiger charge is 2.32. The van der Waals surface area contributed by atoms with Gasteiger partial charge >= 0.3 is 0 Å². The Morgan fingerprint density at radius 1 is 1.03 bits per heavy atom. The van der Waals surface area contributed by atoms with Crippen molar-refractivity contribution in [2.24, 2.45) is 0 Å². The molecule has 0 spiro atoms. The van der Waals surface area contributed by atoms with Gasteiger partial charge < -0.3 is 19.3 Å². The van der Waals surface area contributed by atoms with E-state index in [0.29, 0.717) is 37.7 Å². The van der Waals surface area contributed by atoms with Crippen molar-refractivity contribution in [3.8, 4) is 17.3 Å². The number of carbonyl (C=O) groups excluding carboxylic acids is 1. The molecule has 2 aliphatic rings. The number of nitrogens with zero attached hydrogens (tertiary/aromatic N) is 6. The Morgan fingerprint density at radius 2 is 1.83 bits per heavy atom. The zero-order valence-electron chi connectivity index (χ0n) is 15.7. The van der Waals surface area contributed by atoms with E-state index in [9.17, 15) is 4.79 Å². The van der Waals surface area contributed by atoms with Gasteiger partial charge in [-0.25, -0.2) is 15.0 Å². The molecule has 2 aliphatic heterocycles. The van der Waals surface area contributed by atoms with Crippen LogP contribution < -0.4 is 14.4 Å². The number of hydrogen-bond donors (Lipinski definition) is 0. The largest absolute Gasteiger partial charge is 0.485 e. The fourth-order valence-electron chi connectivity index (χ4n) is 3.55. The molecule has 0 N–H and O–H groups in total. The van der Waals surface area contributed by atoms with Gasteiger partial charge in [-0.2, -0.15) is 0 Å². The molecule has 148 valence electrons.